The Morgan fingerprint density at radius 2 is 1.69 bits per heavy atom. The lowest BCUT2D eigenvalue weighted by Gasteiger charge is -2.31. The number of carbonyl (C=O) groups excluding carboxylic acids is 1. The number of carbonyl (C=O) groups is 1. The second-order valence-corrected chi connectivity index (χ2v) is 9.03. The zero-order chi connectivity index (χ0) is 21.0. The van der Waals surface area contributed by atoms with Crippen molar-refractivity contribution < 1.29 is 27.6 Å². The van der Waals surface area contributed by atoms with Crippen LogP contribution >= 0.6 is 0 Å². The minimum absolute atomic E-state index is 0.0132. The molecule has 0 amide bonds. The van der Waals surface area contributed by atoms with Gasteiger partial charge in [-0.1, -0.05) is 0 Å². The van der Waals surface area contributed by atoms with E-state index in [-0.39, 0.29) is 10.7 Å². The Morgan fingerprint density at radius 1 is 1.03 bits per heavy atom. The summed E-state index contributed by atoms with van der Waals surface area (Å²) < 4.78 is 37.8. The van der Waals surface area contributed by atoms with Crippen molar-refractivity contribution in [3.63, 3.8) is 0 Å². The van der Waals surface area contributed by atoms with Gasteiger partial charge in [-0.25, -0.2) is 8.42 Å². The van der Waals surface area contributed by atoms with Gasteiger partial charge in [0, 0.05) is 11.1 Å². The second kappa shape index (κ2) is 8.94. The number of nitrogens with one attached hydrogen (secondary N) is 1. The lowest BCUT2D eigenvalue weighted by Crippen LogP contribution is -3.13. The average Bonchev–Trinajstić information content (AvgIpc) is 2.74. The molecule has 1 aliphatic heterocycles. The van der Waals surface area contributed by atoms with Gasteiger partial charge in [0.1, 0.15) is 18.0 Å². The molecule has 3 rings (SSSR count). The summed E-state index contributed by atoms with van der Waals surface area (Å²) in [5, 5.41) is 0. The van der Waals surface area contributed by atoms with Crippen molar-refractivity contribution in [2.24, 2.45) is 0 Å². The van der Waals surface area contributed by atoms with E-state index >= 15 is 0 Å². The van der Waals surface area contributed by atoms with Crippen LogP contribution in [0.1, 0.15) is 22.8 Å². The molecule has 0 radical (unpaired) electrons. The van der Waals surface area contributed by atoms with Crippen LogP contribution in [-0.2, 0) is 16.6 Å². The highest BCUT2D eigenvalue weighted by Crippen LogP contribution is 2.21. The number of Topliss-reactive ketones (excluding diaryl/α,β-unsaturated/α-hetero) is 1. The van der Waals surface area contributed by atoms with Crippen molar-refractivity contribution in [3.8, 4) is 11.5 Å². The molecule has 2 aromatic rings. The van der Waals surface area contributed by atoms with Gasteiger partial charge in [0.2, 0.25) is 10.0 Å². The zero-order valence-electron chi connectivity index (χ0n) is 17.0. The van der Waals surface area contributed by atoms with Crippen LogP contribution in [0.2, 0.25) is 0 Å². The molecule has 7 nitrogen and oxygen atoms in total. The average molecular weight is 420 g/mol. The first-order valence-corrected chi connectivity index (χ1v) is 10.9. The van der Waals surface area contributed by atoms with Crippen molar-refractivity contribution in [1.29, 1.82) is 0 Å². The number of hydrogen-bond acceptors (Lipinski definition) is 5. The number of quaternary nitrogens is 1. The molecule has 1 fully saturated rings. The number of hydrogen-bond donors (Lipinski definition) is 1. The number of benzene rings is 2. The SMILES string of the molecule is COc1ccc(S(=O)(=O)N2CC[NH+](Cc3cc(C(C)=O)ccc3OC)CC2)cc1. The lowest BCUT2D eigenvalue weighted by molar-refractivity contribution is -0.917. The quantitative estimate of drug-likeness (QED) is 0.678. The molecule has 0 aliphatic carbocycles. The van der Waals surface area contributed by atoms with E-state index in [1.807, 2.05) is 12.1 Å². The van der Waals surface area contributed by atoms with Crippen molar-refractivity contribution in [2.45, 2.75) is 18.4 Å². The molecule has 0 saturated carbocycles. The summed E-state index contributed by atoms with van der Waals surface area (Å²) in [4.78, 5) is 13.2. The van der Waals surface area contributed by atoms with Gasteiger partial charge in [0.25, 0.3) is 0 Å². The van der Waals surface area contributed by atoms with Crippen molar-refractivity contribution >= 4 is 15.8 Å². The van der Waals surface area contributed by atoms with Crippen LogP contribution in [0.15, 0.2) is 47.4 Å². The lowest BCUT2D eigenvalue weighted by atomic mass is 10.1. The molecule has 156 valence electrons. The molecule has 0 bridgehead atoms. The van der Waals surface area contributed by atoms with Gasteiger partial charge in [-0.3, -0.25) is 4.79 Å². The molecule has 1 aliphatic rings. The molecule has 8 heteroatoms. The topological polar surface area (TPSA) is 77.4 Å². The van der Waals surface area contributed by atoms with E-state index in [2.05, 4.69) is 0 Å². The summed E-state index contributed by atoms with van der Waals surface area (Å²) in [5.41, 5.74) is 1.61. The number of sulfonamides is 1. The summed E-state index contributed by atoms with van der Waals surface area (Å²) in [6, 6.07) is 11.9. The zero-order valence-corrected chi connectivity index (χ0v) is 17.8. The standard InChI is InChI=1S/C21H26N2O5S/c1-16(24)17-4-9-21(28-3)18(14-17)15-22-10-12-23(13-11-22)29(25,26)20-7-5-19(27-2)6-8-20/h4-9,14H,10-13,15H2,1-3H3/p+1. The number of ether oxygens (including phenoxy) is 2. The minimum atomic E-state index is -3.52. The molecule has 0 unspecified atom stereocenters. The molecule has 1 saturated heterocycles. The Balaban J connectivity index is 1.67. The first-order valence-electron chi connectivity index (χ1n) is 9.50. The van der Waals surface area contributed by atoms with Gasteiger partial charge in [0.15, 0.2) is 5.78 Å². The predicted molar refractivity (Wildman–Crippen MR) is 109 cm³/mol. The third kappa shape index (κ3) is 4.77. The van der Waals surface area contributed by atoms with Gasteiger partial charge in [-0.2, -0.15) is 4.31 Å². The molecular formula is C21H27N2O5S+. The van der Waals surface area contributed by atoms with Crippen LogP contribution in [0.25, 0.3) is 0 Å². The van der Waals surface area contributed by atoms with Crippen LogP contribution in [0.4, 0.5) is 0 Å². The molecule has 29 heavy (non-hydrogen) atoms. The van der Waals surface area contributed by atoms with Gasteiger partial charge in [-0.05, 0) is 49.4 Å². The van der Waals surface area contributed by atoms with E-state index < -0.39 is 10.0 Å². The highest BCUT2D eigenvalue weighted by molar-refractivity contribution is 7.89. The van der Waals surface area contributed by atoms with Crippen molar-refractivity contribution in [1.82, 2.24) is 4.31 Å². The van der Waals surface area contributed by atoms with E-state index in [0.717, 1.165) is 11.3 Å². The summed E-state index contributed by atoms with van der Waals surface area (Å²) in [6.07, 6.45) is 0. The van der Waals surface area contributed by atoms with Gasteiger partial charge in [-0.15, -0.1) is 0 Å². The maximum Gasteiger partial charge on any atom is 0.243 e. The number of nitrogens with zero attached hydrogens (tertiary/aromatic N) is 1. The molecule has 1 N–H and O–H groups in total. The van der Waals surface area contributed by atoms with Crippen LogP contribution in [-0.4, -0.2) is 58.9 Å². The van der Waals surface area contributed by atoms with Crippen molar-refractivity contribution in [2.75, 3.05) is 40.4 Å². The van der Waals surface area contributed by atoms with Crippen LogP contribution < -0.4 is 14.4 Å². The largest absolute Gasteiger partial charge is 0.497 e. The maximum atomic E-state index is 12.9. The summed E-state index contributed by atoms with van der Waals surface area (Å²) in [7, 11) is -0.359. The number of methoxy groups -OCH3 is 2. The second-order valence-electron chi connectivity index (χ2n) is 7.09. The van der Waals surface area contributed by atoms with Gasteiger partial charge in [0.05, 0.1) is 45.3 Å². The summed E-state index contributed by atoms with van der Waals surface area (Å²) in [6.45, 7) is 4.48. The van der Waals surface area contributed by atoms with E-state index in [1.165, 1.54) is 9.21 Å². The molecular weight excluding hydrogens is 392 g/mol. The van der Waals surface area contributed by atoms with Crippen LogP contribution in [0.3, 0.4) is 0 Å². The fourth-order valence-corrected chi connectivity index (χ4v) is 4.96. The van der Waals surface area contributed by atoms with E-state index in [9.17, 15) is 13.2 Å². The third-order valence-corrected chi connectivity index (χ3v) is 7.17. The fourth-order valence-electron chi connectivity index (χ4n) is 3.52. The summed E-state index contributed by atoms with van der Waals surface area (Å²) >= 11 is 0. The normalized spacial score (nSPS) is 15.8. The number of piperazine rings is 1. The molecule has 1 heterocycles. The smallest absolute Gasteiger partial charge is 0.243 e. The first-order chi connectivity index (χ1) is 13.8. The van der Waals surface area contributed by atoms with Gasteiger partial charge < -0.3 is 14.4 Å². The molecule has 0 spiro atoms. The molecule has 2 aromatic carbocycles. The minimum Gasteiger partial charge on any atom is -0.497 e. The Hall–Kier alpha value is -2.42. The number of ketones is 1. The third-order valence-electron chi connectivity index (χ3n) is 5.25. The van der Waals surface area contributed by atoms with E-state index in [1.54, 1.807) is 51.5 Å². The fraction of sp³-hybridized carbons (Fsp3) is 0.381. The molecule has 0 atom stereocenters. The number of rotatable bonds is 7. The molecule has 0 aromatic heterocycles. The summed E-state index contributed by atoms with van der Waals surface area (Å²) in [5.74, 6) is 1.38. The Kier molecular flexibility index (Phi) is 6.56. The first kappa shape index (κ1) is 21.3. The Bertz CT molecular complexity index is 965. The highest BCUT2D eigenvalue weighted by Gasteiger charge is 2.30. The predicted octanol–water partition coefficient (Wildman–Crippen LogP) is 0.996. The van der Waals surface area contributed by atoms with E-state index in [0.29, 0.717) is 44.0 Å². The Labute approximate surface area is 171 Å². The van der Waals surface area contributed by atoms with Gasteiger partial charge >= 0.3 is 0 Å². The highest BCUT2D eigenvalue weighted by atomic mass is 32.2. The Morgan fingerprint density at radius 3 is 2.24 bits per heavy atom. The van der Waals surface area contributed by atoms with Crippen LogP contribution in [0.5, 0.6) is 11.5 Å². The van der Waals surface area contributed by atoms with Crippen molar-refractivity contribution in [3.05, 3.63) is 53.6 Å². The maximum absolute atomic E-state index is 12.9. The van der Waals surface area contributed by atoms with E-state index in [4.69, 9.17) is 9.47 Å². The van der Waals surface area contributed by atoms with Crippen LogP contribution in [0, 0.1) is 0 Å². The monoisotopic (exact) mass is 419 g/mol.